The first-order valence-corrected chi connectivity index (χ1v) is 10.2. The summed E-state index contributed by atoms with van der Waals surface area (Å²) < 4.78 is 0. The highest BCUT2D eigenvalue weighted by atomic mass is 35.5. The van der Waals surface area contributed by atoms with Crippen molar-refractivity contribution < 1.29 is 9.59 Å². The molecule has 0 fully saturated rings. The highest BCUT2D eigenvalue weighted by Crippen LogP contribution is 2.17. The quantitative estimate of drug-likeness (QED) is 0.258. The molecule has 31 heavy (non-hydrogen) atoms. The molecule has 0 bridgehead atoms. The molecule has 2 aromatic rings. The van der Waals surface area contributed by atoms with Crippen LogP contribution in [0.2, 0.25) is 0 Å². The Balaban J connectivity index is 0. The number of benzene rings is 2. The molecule has 0 aliphatic rings. The number of ketones is 2. The zero-order chi connectivity index (χ0) is 23.3. The number of nitrogens with two attached hydrogens (primary N) is 2. The molecule has 0 unspecified atom stereocenters. The SMILES string of the molecule is C.CC(=N)CC(=O)Cc1ccc(NC(C)(C)C(C)=O)cc1.CCl.Nc1ccc(N)cc1. The molecule has 0 aromatic heterocycles. The van der Waals surface area contributed by atoms with Crippen molar-refractivity contribution in [3.63, 3.8) is 0 Å². The van der Waals surface area contributed by atoms with E-state index in [1.807, 2.05) is 38.1 Å². The van der Waals surface area contributed by atoms with Crippen LogP contribution in [0.25, 0.3) is 0 Å². The second kappa shape index (κ2) is 15.0. The first-order chi connectivity index (χ1) is 14.0. The van der Waals surface area contributed by atoms with Gasteiger partial charge in [-0.15, -0.1) is 11.6 Å². The normalized spacial score (nSPS) is 9.61. The van der Waals surface area contributed by atoms with Crippen LogP contribution in [0.4, 0.5) is 17.1 Å². The van der Waals surface area contributed by atoms with Crippen molar-refractivity contribution in [3.05, 3.63) is 54.1 Å². The molecule has 2 aromatic carbocycles. The van der Waals surface area contributed by atoms with Gasteiger partial charge in [-0.05, 0) is 69.7 Å². The second-order valence-corrected chi connectivity index (χ2v) is 7.34. The second-order valence-electron chi connectivity index (χ2n) is 7.34. The fourth-order valence-corrected chi connectivity index (χ4v) is 2.24. The van der Waals surface area contributed by atoms with Crippen molar-refractivity contribution in [3.8, 4) is 0 Å². The summed E-state index contributed by atoms with van der Waals surface area (Å²) >= 11 is 4.64. The summed E-state index contributed by atoms with van der Waals surface area (Å²) in [6, 6.07) is 14.6. The van der Waals surface area contributed by atoms with Gasteiger partial charge in [0.1, 0.15) is 5.78 Å². The molecule has 7 heteroatoms. The summed E-state index contributed by atoms with van der Waals surface area (Å²) in [6.45, 7) is 6.85. The van der Waals surface area contributed by atoms with E-state index in [0.717, 1.165) is 22.6 Å². The molecular weight excluding hydrogens is 412 g/mol. The first kappa shape index (κ1) is 30.3. The minimum absolute atomic E-state index is 0. The van der Waals surface area contributed by atoms with Crippen LogP contribution >= 0.6 is 11.6 Å². The Labute approximate surface area is 191 Å². The summed E-state index contributed by atoms with van der Waals surface area (Å²) in [7, 11) is 0. The van der Waals surface area contributed by atoms with Gasteiger partial charge in [-0.1, -0.05) is 19.6 Å². The molecule has 0 amide bonds. The number of hydrogen-bond donors (Lipinski definition) is 4. The third-order valence-electron chi connectivity index (χ3n) is 4.09. The Morgan fingerprint density at radius 1 is 0.935 bits per heavy atom. The average molecular weight is 449 g/mol. The fraction of sp³-hybridized carbons (Fsp3) is 0.375. The molecule has 0 radical (unpaired) electrons. The Morgan fingerprint density at radius 2 is 1.35 bits per heavy atom. The van der Waals surface area contributed by atoms with E-state index in [0.29, 0.717) is 12.1 Å². The molecule has 0 atom stereocenters. The van der Waals surface area contributed by atoms with Gasteiger partial charge in [0.2, 0.25) is 0 Å². The van der Waals surface area contributed by atoms with Gasteiger partial charge in [0.15, 0.2) is 5.78 Å². The third kappa shape index (κ3) is 13.1. The maximum atomic E-state index is 11.6. The smallest absolute Gasteiger partial charge is 0.154 e. The molecule has 6 nitrogen and oxygen atoms in total. The van der Waals surface area contributed by atoms with Gasteiger partial charge in [0.25, 0.3) is 0 Å². The molecule has 0 spiro atoms. The van der Waals surface area contributed by atoms with Gasteiger partial charge in [-0.3, -0.25) is 9.59 Å². The van der Waals surface area contributed by atoms with E-state index in [1.165, 1.54) is 6.38 Å². The zero-order valence-corrected chi connectivity index (χ0v) is 19.1. The Kier molecular flexibility index (Phi) is 14.7. The number of rotatable bonds is 7. The van der Waals surface area contributed by atoms with Crippen molar-refractivity contribution in [1.82, 2.24) is 0 Å². The standard InChI is InChI=1S/C16H22N2O2.C6H8N2.CH3Cl.CH4/c1-11(17)9-15(20)10-13-5-7-14(8-6-13)18-16(3,4)12(2)19;7-5-1-2-6(8)4-3-5;1-2;/h5-8,17-18H,9-10H2,1-4H3;1-4H,7-8H2;1H3;1H4. The predicted octanol–water partition coefficient (Wildman–Crippen LogP) is 5.35. The highest BCUT2D eigenvalue weighted by Gasteiger charge is 2.22. The minimum atomic E-state index is -0.603. The lowest BCUT2D eigenvalue weighted by molar-refractivity contribution is -0.120. The topological polar surface area (TPSA) is 122 Å². The van der Waals surface area contributed by atoms with Crippen LogP contribution < -0.4 is 16.8 Å². The lowest BCUT2D eigenvalue weighted by Gasteiger charge is -2.24. The summed E-state index contributed by atoms with van der Waals surface area (Å²) in [5.41, 5.74) is 13.8. The zero-order valence-electron chi connectivity index (χ0n) is 18.4. The van der Waals surface area contributed by atoms with E-state index < -0.39 is 5.54 Å². The molecule has 0 aliphatic carbocycles. The van der Waals surface area contributed by atoms with Crippen LogP contribution in [-0.4, -0.2) is 29.2 Å². The Morgan fingerprint density at radius 3 is 1.71 bits per heavy atom. The highest BCUT2D eigenvalue weighted by molar-refractivity contribution is 6.15. The fourth-order valence-electron chi connectivity index (χ4n) is 2.24. The van der Waals surface area contributed by atoms with E-state index in [9.17, 15) is 9.59 Å². The van der Waals surface area contributed by atoms with E-state index >= 15 is 0 Å². The van der Waals surface area contributed by atoms with Crippen molar-refractivity contribution in [1.29, 1.82) is 5.41 Å². The third-order valence-corrected chi connectivity index (χ3v) is 4.09. The monoisotopic (exact) mass is 448 g/mol. The van der Waals surface area contributed by atoms with Crippen molar-refractivity contribution in [2.45, 2.75) is 53.5 Å². The molecule has 0 aliphatic heterocycles. The first-order valence-electron chi connectivity index (χ1n) is 9.42. The van der Waals surface area contributed by atoms with Gasteiger partial charge in [0.05, 0.1) is 5.54 Å². The number of anilines is 3. The van der Waals surface area contributed by atoms with Crippen LogP contribution in [0.5, 0.6) is 0 Å². The maximum absolute atomic E-state index is 11.6. The largest absolute Gasteiger partial charge is 0.399 e. The van der Waals surface area contributed by atoms with Crippen LogP contribution in [0.1, 0.15) is 47.1 Å². The molecule has 6 N–H and O–H groups in total. The van der Waals surface area contributed by atoms with E-state index in [4.69, 9.17) is 16.9 Å². The molecular formula is C24H37ClN4O2. The number of carbonyl (C=O) groups excluding carboxylic acids is 2. The summed E-state index contributed by atoms with van der Waals surface area (Å²) in [4.78, 5) is 23.1. The number of hydrogen-bond acceptors (Lipinski definition) is 6. The maximum Gasteiger partial charge on any atom is 0.154 e. The van der Waals surface area contributed by atoms with Gasteiger partial charge in [0, 0.05) is 42.0 Å². The number of alkyl halides is 1. The molecule has 0 saturated heterocycles. The predicted molar refractivity (Wildman–Crippen MR) is 135 cm³/mol. The Bertz CT molecular complexity index is 795. The van der Waals surface area contributed by atoms with Crippen molar-refractivity contribution in [2.75, 3.05) is 23.2 Å². The van der Waals surface area contributed by atoms with Crippen molar-refractivity contribution in [2.24, 2.45) is 0 Å². The molecule has 0 heterocycles. The number of nitrogens with one attached hydrogen (secondary N) is 2. The van der Waals surface area contributed by atoms with Gasteiger partial charge >= 0.3 is 0 Å². The average Bonchev–Trinajstić information content (AvgIpc) is 2.67. The number of carbonyl (C=O) groups is 2. The van der Waals surface area contributed by atoms with Gasteiger partial charge in [-0.25, -0.2) is 0 Å². The number of halogens is 1. The lowest BCUT2D eigenvalue weighted by atomic mass is 9.99. The Hall–Kier alpha value is -2.86. The number of Topliss-reactive ketones (excluding diaryl/α,β-unsaturated/α-hetero) is 2. The summed E-state index contributed by atoms with van der Waals surface area (Å²) in [5.74, 6) is 0.112. The minimum Gasteiger partial charge on any atom is -0.399 e. The molecule has 172 valence electrons. The van der Waals surface area contributed by atoms with Gasteiger partial charge < -0.3 is 22.2 Å². The van der Waals surface area contributed by atoms with Crippen LogP contribution in [-0.2, 0) is 16.0 Å². The molecule has 2 rings (SSSR count). The van der Waals surface area contributed by atoms with Crippen LogP contribution in [0.15, 0.2) is 48.5 Å². The van der Waals surface area contributed by atoms with E-state index in [1.54, 1.807) is 38.1 Å². The van der Waals surface area contributed by atoms with E-state index in [-0.39, 0.29) is 25.4 Å². The van der Waals surface area contributed by atoms with Gasteiger partial charge in [-0.2, -0.15) is 0 Å². The van der Waals surface area contributed by atoms with Crippen LogP contribution in [0.3, 0.4) is 0 Å². The summed E-state index contributed by atoms with van der Waals surface area (Å²) in [5, 5.41) is 10.5. The van der Waals surface area contributed by atoms with Crippen molar-refractivity contribution >= 4 is 45.9 Å². The summed E-state index contributed by atoms with van der Waals surface area (Å²) in [6.07, 6.45) is 2.02. The number of nitrogen functional groups attached to an aromatic ring is 2. The van der Waals surface area contributed by atoms with Crippen LogP contribution in [0, 0.1) is 5.41 Å². The molecule has 0 saturated carbocycles. The van der Waals surface area contributed by atoms with E-state index in [2.05, 4.69) is 16.9 Å². The lowest BCUT2D eigenvalue weighted by Crippen LogP contribution is -2.38.